The third-order valence-electron chi connectivity index (χ3n) is 1.22. The maximum atomic E-state index is 5.66. The number of nitrogens with one attached hydrogen (secondary N) is 1. The largest absolute Gasteiger partial charge is 0.369 e. The van der Waals surface area contributed by atoms with Gasteiger partial charge < -0.3 is 5.73 Å². The van der Waals surface area contributed by atoms with Crippen LogP contribution < -0.4 is 17.0 Å². The third-order valence-corrected chi connectivity index (χ3v) is 1.48. The normalized spacial score (nSPS) is 10.5. The number of halogens is 2. The number of rotatable bonds is 1. The van der Waals surface area contributed by atoms with Crippen LogP contribution in [0.5, 0.6) is 0 Å². The van der Waals surface area contributed by atoms with Crippen LogP contribution in [-0.4, -0.2) is 5.96 Å². The van der Waals surface area contributed by atoms with Gasteiger partial charge in [0.2, 0.25) is 5.96 Å². The molecule has 1 aromatic carbocycles. The minimum absolute atomic E-state index is 0. The van der Waals surface area contributed by atoms with Gasteiger partial charge in [-0.2, -0.15) is 0 Å². The summed E-state index contributed by atoms with van der Waals surface area (Å²) in [7, 11) is 0. The molecular weight excluding hydrogens is 211 g/mol. The van der Waals surface area contributed by atoms with E-state index in [0.29, 0.717) is 10.7 Å². The molecule has 1 aromatic rings. The average Bonchev–Trinajstić information content (AvgIpc) is 2.09. The van der Waals surface area contributed by atoms with Crippen LogP contribution in [-0.2, 0) is 0 Å². The highest BCUT2D eigenvalue weighted by Gasteiger charge is 1.90. The molecule has 4 nitrogen and oxygen atoms in total. The van der Waals surface area contributed by atoms with Gasteiger partial charge in [-0.05, 0) is 24.3 Å². The first-order valence-corrected chi connectivity index (χ1v) is 3.66. The fraction of sp³-hybridized carbons (Fsp3) is 0. The smallest absolute Gasteiger partial charge is 0.208 e. The summed E-state index contributed by atoms with van der Waals surface area (Å²) < 4.78 is 0. The summed E-state index contributed by atoms with van der Waals surface area (Å²) >= 11 is 5.66. The zero-order valence-corrected chi connectivity index (χ0v) is 8.27. The van der Waals surface area contributed by atoms with Crippen LogP contribution in [0.25, 0.3) is 0 Å². The summed E-state index contributed by atoms with van der Waals surface area (Å²) in [5.41, 5.74) is 8.25. The highest BCUT2D eigenvalue weighted by Crippen LogP contribution is 2.15. The van der Waals surface area contributed by atoms with Crippen molar-refractivity contribution in [2.24, 2.45) is 16.6 Å². The lowest BCUT2D eigenvalue weighted by atomic mass is 10.3. The van der Waals surface area contributed by atoms with Gasteiger partial charge in [0.1, 0.15) is 0 Å². The molecule has 72 valence electrons. The van der Waals surface area contributed by atoms with Gasteiger partial charge in [0, 0.05) is 5.02 Å². The molecule has 0 fully saturated rings. The lowest BCUT2D eigenvalue weighted by molar-refractivity contribution is 1.01. The Balaban J connectivity index is 0.00000144. The van der Waals surface area contributed by atoms with Crippen molar-refractivity contribution >= 4 is 35.7 Å². The van der Waals surface area contributed by atoms with Crippen molar-refractivity contribution in [1.82, 2.24) is 5.43 Å². The van der Waals surface area contributed by atoms with Crippen molar-refractivity contribution < 1.29 is 0 Å². The van der Waals surface area contributed by atoms with E-state index in [0.717, 1.165) is 0 Å². The van der Waals surface area contributed by atoms with E-state index in [1.807, 2.05) is 0 Å². The second-order valence-electron chi connectivity index (χ2n) is 2.12. The molecule has 0 amide bonds. The predicted molar refractivity (Wildman–Crippen MR) is 57.3 cm³/mol. The van der Waals surface area contributed by atoms with E-state index in [4.69, 9.17) is 23.2 Å². The summed E-state index contributed by atoms with van der Waals surface area (Å²) in [6.45, 7) is 0. The third kappa shape index (κ3) is 3.98. The molecular formula is C7H10Cl2N4. The van der Waals surface area contributed by atoms with Crippen LogP contribution in [0.15, 0.2) is 29.3 Å². The molecule has 0 saturated carbocycles. The molecule has 0 saturated heterocycles. The molecule has 0 aliphatic carbocycles. The van der Waals surface area contributed by atoms with Crippen molar-refractivity contribution in [2.75, 3.05) is 0 Å². The molecule has 0 atom stereocenters. The highest BCUT2D eigenvalue weighted by molar-refractivity contribution is 6.30. The lowest BCUT2D eigenvalue weighted by Crippen LogP contribution is -2.36. The Labute approximate surface area is 87.3 Å². The van der Waals surface area contributed by atoms with Crippen LogP contribution in [0.2, 0.25) is 5.02 Å². The van der Waals surface area contributed by atoms with Crippen LogP contribution in [0.1, 0.15) is 0 Å². The SMILES string of the molecule is Cl.NNC(N)=Nc1ccc(Cl)cc1. The van der Waals surface area contributed by atoms with E-state index in [1.165, 1.54) is 0 Å². The lowest BCUT2D eigenvalue weighted by Gasteiger charge is -1.97. The first kappa shape index (κ1) is 12.0. The predicted octanol–water partition coefficient (Wildman–Crippen LogP) is 1.17. The van der Waals surface area contributed by atoms with Crippen LogP contribution in [0.4, 0.5) is 5.69 Å². The molecule has 0 bridgehead atoms. The molecule has 1 rings (SSSR count). The Morgan fingerprint density at radius 3 is 2.31 bits per heavy atom. The zero-order valence-electron chi connectivity index (χ0n) is 6.70. The number of aliphatic imine (C=N–C) groups is 1. The average molecular weight is 221 g/mol. The van der Waals surface area contributed by atoms with Crippen molar-refractivity contribution in [3.8, 4) is 0 Å². The molecule has 0 radical (unpaired) electrons. The molecule has 0 spiro atoms. The summed E-state index contributed by atoms with van der Waals surface area (Å²) in [6, 6.07) is 6.94. The molecule has 13 heavy (non-hydrogen) atoms. The second kappa shape index (κ2) is 5.64. The number of nitrogens with two attached hydrogens (primary N) is 2. The van der Waals surface area contributed by atoms with Gasteiger partial charge in [0.15, 0.2) is 0 Å². The molecule has 5 N–H and O–H groups in total. The monoisotopic (exact) mass is 220 g/mol. The number of hydrogen-bond donors (Lipinski definition) is 3. The van der Waals surface area contributed by atoms with Crippen molar-refractivity contribution in [3.63, 3.8) is 0 Å². The summed E-state index contributed by atoms with van der Waals surface area (Å²) in [5, 5.41) is 0.660. The Bertz CT molecular complexity index is 283. The van der Waals surface area contributed by atoms with E-state index in [-0.39, 0.29) is 18.4 Å². The molecule has 0 aliphatic heterocycles. The van der Waals surface area contributed by atoms with Crippen LogP contribution >= 0.6 is 24.0 Å². The zero-order chi connectivity index (χ0) is 8.97. The van der Waals surface area contributed by atoms with Gasteiger partial charge in [-0.1, -0.05) is 11.6 Å². The Kier molecular flexibility index (Phi) is 5.22. The first-order chi connectivity index (χ1) is 5.72. The molecule has 0 aliphatic rings. The summed E-state index contributed by atoms with van der Waals surface area (Å²) in [4.78, 5) is 3.92. The fourth-order valence-electron chi connectivity index (χ4n) is 0.687. The van der Waals surface area contributed by atoms with Gasteiger partial charge >= 0.3 is 0 Å². The number of hydrazine groups is 1. The van der Waals surface area contributed by atoms with E-state index in [9.17, 15) is 0 Å². The second-order valence-corrected chi connectivity index (χ2v) is 2.55. The Hall–Kier alpha value is -0.970. The van der Waals surface area contributed by atoms with E-state index >= 15 is 0 Å². The topological polar surface area (TPSA) is 76.4 Å². The Morgan fingerprint density at radius 2 is 1.85 bits per heavy atom. The molecule has 0 aromatic heterocycles. The number of benzene rings is 1. The van der Waals surface area contributed by atoms with Gasteiger partial charge in [0.25, 0.3) is 0 Å². The minimum atomic E-state index is 0. The van der Waals surface area contributed by atoms with E-state index in [2.05, 4.69) is 10.4 Å². The van der Waals surface area contributed by atoms with E-state index in [1.54, 1.807) is 24.3 Å². The summed E-state index contributed by atoms with van der Waals surface area (Å²) in [5.74, 6) is 5.18. The van der Waals surface area contributed by atoms with Crippen LogP contribution in [0, 0.1) is 0 Å². The fourth-order valence-corrected chi connectivity index (χ4v) is 0.813. The number of nitrogens with zero attached hydrogens (tertiary/aromatic N) is 1. The van der Waals surface area contributed by atoms with Crippen molar-refractivity contribution in [1.29, 1.82) is 0 Å². The van der Waals surface area contributed by atoms with Gasteiger partial charge in [-0.3, -0.25) is 5.43 Å². The maximum Gasteiger partial charge on any atom is 0.208 e. The van der Waals surface area contributed by atoms with Gasteiger partial charge in [0.05, 0.1) is 5.69 Å². The quantitative estimate of drug-likeness (QED) is 0.288. The number of guanidine groups is 1. The standard InChI is InChI=1S/C7H9ClN4.ClH/c8-5-1-3-6(4-2-5)11-7(9)12-10;/h1-4H,10H2,(H3,9,11,12);1H. The highest BCUT2D eigenvalue weighted by atomic mass is 35.5. The minimum Gasteiger partial charge on any atom is -0.369 e. The van der Waals surface area contributed by atoms with Gasteiger partial charge in [-0.25, -0.2) is 10.8 Å². The number of hydrogen-bond acceptors (Lipinski definition) is 2. The van der Waals surface area contributed by atoms with Gasteiger partial charge in [-0.15, -0.1) is 12.4 Å². The van der Waals surface area contributed by atoms with Crippen LogP contribution in [0.3, 0.4) is 0 Å². The van der Waals surface area contributed by atoms with Crippen molar-refractivity contribution in [3.05, 3.63) is 29.3 Å². The Morgan fingerprint density at radius 1 is 1.31 bits per heavy atom. The molecule has 0 unspecified atom stereocenters. The maximum absolute atomic E-state index is 5.66. The van der Waals surface area contributed by atoms with Crippen molar-refractivity contribution in [2.45, 2.75) is 0 Å². The molecule has 6 heteroatoms. The van der Waals surface area contributed by atoms with E-state index < -0.39 is 0 Å². The summed E-state index contributed by atoms with van der Waals surface area (Å²) in [6.07, 6.45) is 0. The molecule has 0 heterocycles. The first-order valence-electron chi connectivity index (χ1n) is 3.28.